The highest BCUT2D eigenvalue weighted by Crippen LogP contribution is 2.33. The van der Waals surface area contributed by atoms with Crippen LogP contribution in [-0.2, 0) is 14.8 Å². The number of sulfonamides is 1. The molecule has 2 rings (SSSR count). The number of nitrogens with one attached hydrogen (secondary N) is 1. The van der Waals surface area contributed by atoms with Crippen LogP contribution in [0.15, 0.2) is 0 Å². The van der Waals surface area contributed by atoms with Crippen molar-refractivity contribution in [2.45, 2.75) is 26.7 Å². The Balaban J connectivity index is 2.11. The van der Waals surface area contributed by atoms with Gasteiger partial charge in [-0.3, -0.25) is 4.79 Å². The minimum Gasteiger partial charge on any atom is -0.317 e. The van der Waals surface area contributed by atoms with E-state index in [1.54, 1.807) is 13.8 Å². The van der Waals surface area contributed by atoms with Crippen molar-refractivity contribution in [3.63, 3.8) is 0 Å². The van der Waals surface area contributed by atoms with Gasteiger partial charge in [0, 0.05) is 6.54 Å². The molecule has 0 saturated carbocycles. The van der Waals surface area contributed by atoms with Crippen LogP contribution in [0.3, 0.4) is 0 Å². The molecule has 17 heavy (non-hydrogen) atoms. The molecule has 6 heteroatoms. The van der Waals surface area contributed by atoms with E-state index in [1.165, 1.54) is 0 Å². The number of hydrogen-bond donors (Lipinski definition) is 1. The lowest BCUT2D eigenvalue weighted by molar-refractivity contribution is -0.132. The fraction of sp³-hybridized carbons (Fsp3) is 0.909. The minimum atomic E-state index is -3.38. The third-order valence-corrected chi connectivity index (χ3v) is 5.64. The first-order valence-corrected chi connectivity index (χ1v) is 7.69. The molecular weight excluding hydrogens is 240 g/mol. The van der Waals surface area contributed by atoms with E-state index < -0.39 is 15.4 Å². The first-order chi connectivity index (χ1) is 7.83. The van der Waals surface area contributed by atoms with Crippen LogP contribution in [0, 0.1) is 11.3 Å². The Labute approximate surface area is 103 Å². The van der Waals surface area contributed by atoms with E-state index in [9.17, 15) is 13.2 Å². The molecule has 0 aromatic carbocycles. The third-order valence-electron chi connectivity index (χ3n) is 3.57. The zero-order valence-corrected chi connectivity index (χ0v) is 11.2. The smallest absolute Gasteiger partial charge is 0.242 e. The molecule has 1 amide bonds. The molecule has 5 nitrogen and oxygen atoms in total. The van der Waals surface area contributed by atoms with Crippen molar-refractivity contribution < 1.29 is 13.2 Å². The molecule has 98 valence electrons. The van der Waals surface area contributed by atoms with Gasteiger partial charge in [0.2, 0.25) is 15.9 Å². The first-order valence-electron chi connectivity index (χ1n) is 6.08. The van der Waals surface area contributed by atoms with Gasteiger partial charge < -0.3 is 5.32 Å². The number of carbonyl (C=O) groups excluding carboxylic acids is 1. The van der Waals surface area contributed by atoms with Crippen LogP contribution in [0.2, 0.25) is 0 Å². The van der Waals surface area contributed by atoms with E-state index in [0.29, 0.717) is 12.5 Å². The van der Waals surface area contributed by atoms with E-state index in [1.807, 2.05) is 0 Å². The second-order valence-electron chi connectivity index (χ2n) is 5.67. The lowest BCUT2D eigenvalue weighted by atomic mass is 9.94. The van der Waals surface area contributed by atoms with Gasteiger partial charge in [0.1, 0.15) is 0 Å². The summed E-state index contributed by atoms with van der Waals surface area (Å²) in [5.41, 5.74) is -0.758. The number of rotatable bonds is 2. The van der Waals surface area contributed by atoms with E-state index >= 15 is 0 Å². The topological polar surface area (TPSA) is 66.5 Å². The van der Waals surface area contributed by atoms with Gasteiger partial charge >= 0.3 is 0 Å². The van der Waals surface area contributed by atoms with Crippen molar-refractivity contribution >= 4 is 15.9 Å². The normalized spacial score (nSPS) is 28.6. The van der Waals surface area contributed by atoms with Crippen molar-refractivity contribution in [2.75, 3.05) is 25.4 Å². The number of nitrogens with zero attached hydrogens (tertiary/aromatic N) is 1. The zero-order valence-electron chi connectivity index (χ0n) is 10.4. The second kappa shape index (κ2) is 4.24. The highest BCUT2D eigenvalue weighted by atomic mass is 32.2. The average Bonchev–Trinajstić information content (AvgIpc) is 2.38. The number of amides is 1. The van der Waals surface area contributed by atoms with Crippen LogP contribution >= 0.6 is 0 Å². The number of hydrogen-bond acceptors (Lipinski definition) is 4. The SMILES string of the molecule is CC1(C)CS(=O)(=O)N(CC2CCNCC2)C1=O. The molecule has 0 spiro atoms. The second-order valence-corrected chi connectivity index (χ2v) is 7.56. The fourth-order valence-corrected chi connectivity index (χ4v) is 4.68. The van der Waals surface area contributed by atoms with Crippen LogP contribution in [0.1, 0.15) is 26.7 Å². The van der Waals surface area contributed by atoms with Gasteiger partial charge in [-0.15, -0.1) is 0 Å². The summed E-state index contributed by atoms with van der Waals surface area (Å²) in [4.78, 5) is 12.0. The molecule has 2 heterocycles. The molecule has 2 saturated heterocycles. The maximum absolute atomic E-state index is 12.0. The first kappa shape index (κ1) is 12.8. The minimum absolute atomic E-state index is 0.0518. The maximum atomic E-state index is 12.0. The Morgan fingerprint density at radius 3 is 2.41 bits per heavy atom. The van der Waals surface area contributed by atoms with E-state index in [4.69, 9.17) is 0 Å². The van der Waals surface area contributed by atoms with Gasteiger partial charge in [-0.25, -0.2) is 12.7 Å². The van der Waals surface area contributed by atoms with Crippen molar-refractivity contribution in [1.82, 2.24) is 9.62 Å². The van der Waals surface area contributed by atoms with Crippen molar-refractivity contribution in [3.05, 3.63) is 0 Å². The Bertz CT molecular complexity index is 410. The molecule has 0 aromatic rings. The largest absolute Gasteiger partial charge is 0.317 e. The van der Waals surface area contributed by atoms with E-state index in [2.05, 4.69) is 5.32 Å². The van der Waals surface area contributed by atoms with Crippen molar-refractivity contribution in [1.29, 1.82) is 0 Å². The van der Waals surface area contributed by atoms with Crippen molar-refractivity contribution in [3.8, 4) is 0 Å². The highest BCUT2D eigenvalue weighted by Gasteiger charge is 2.49. The highest BCUT2D eigenvalue weighted by molar-refractivity contribution is 7.90. The lowest BCUT2D eigenvalue weighted by Crippen LogP contribution is -2.40. The monoisotopic (exact) mass is 260 g/mol. The molecule has 1 N–H and O–H groups in total. The predicted molar refractivity (Wildman–Crippen MR) is 64.9 cm³/mol. The summed E-state index contributed by atoms with van der Waals surface area (Å²) < 4.78 is 25.0. The van der Waals surface area contributed by atoms with Gasteiger partial charge in [0.25, 0.3) is 0 Å². The van der Waals surface area contributed by atoms with Crippen LogP contribution in [0.5, 0.6) is 0 Å². The molecule has 2 aliphatic heterocycles. The molecule has 2 aliphatic rings. The average molecular weight is 260 g/mol. The van der Waals surface area contributed by atoms with Gasteiger partial charge in [0.05, 0.1) is 11.2 Å². The predicted octanol–water partition coefficient (Wildman–Crippen LogP) is 0.184. The molecule has 0 aliphatic carbocycles. The summed E-state index contributed by atoms with van der Waals surface area (Å²) in [6.45, 7) is 5.60. The summed E-state index contributed by atoms with van der Waals surface area (Å²) in [5, 5.41) is 3.23. The number of carbonyl (C=O) groups is 1. The summed E-state index contributed by atoms with van der Waals surface area (Å²) in [6, 6.07) is 0. The van der Waals surface area contributed by atoms with E-state index in [-0.39, 0.29) is 11.7 Å². The van der Waals surface area contributed by atoms with E-state index in [0.717, 1.165) is 30.2 Å². The summed E-state index contributed by atoms with van der Waals surface area (Å²) in [6.07, 6.45) is 1.89. The van der Waals surface area contributed by atoms with Crippen molar-refractivity contribution in [2.24, 2.45) is 11.3 Å². The van der Waals surface area contributed by atoms with Crippen LogP contribution in [-0.4, -0.2) is 44.0 Å². The quantitative estimate of drug-likeness (QED) is 0.769. The fourth-order valence-electron chi connectivity index (χ4n) is 2.55. The number of piperidine rings is 1. The van der Waals surface area contributed by atoms with Gasteiger partial charge in [-0.2, -0.15) is 0 Å². The summed E-state index contributed by atoms with van der Waals surface area (Å²) >= 11 is 0. The molecule has 0 bridgehead atoms. The standard InChI is InChI=1S/C11H20N2O3S/c1-11(2)8-17(15,16)13(10(11)14)7-9-3-5-12-6-4-9/h9,12H,3-8H2,1-2H3. The molecule has 2 fully saturated rings. The Morgan fingerprint density at radius 1 is 1.35 bits per heavy atom. The molecule has 0 radical (unpaired) electrons. The Hall–Kier alpha value is -0.620. The van der Waals surface area contributed by atoms with Gasteiger partial charge in [0.15, 0.2) is 0 Å². The van der Waals surface area contributed by atoms with Crippen LogP contribution in [0.25, 0.3) is 0 Å². The summed E-state index contributed by atoms with van der Waals surface area (Å²) in [7, 11) is -3.38. The Kier molecular flexibility index (Phi) is 3.20. The zero-order chi connectivity index (χ0) is 12.7. The van der Waals surface area contributed by atoms with Crippen LogP contribution < -0.4 is 5.32 Å². The lowest BCUT2D eigenvalue weighted by Gasteiger charge is -2.27. The molecule has 0 aromatic heterocycles. The Morgan fingerprint density at radius 2 is 1.94 bits per heavy atom. The maximum Gasteiger partial charge on any atom is 0.242 e. The summed E-state index contributed by atoms with van der Waals surface area (Å²) in [5.74, 6) is 0.0176. The molecule has 0 unspecified atom stereocenters. The van der Waals surface area contributed by atoms with Crippen LogP contribution in [0.4, 0.5) is 0 Å². The van der Waals surface area contributed by atoms with Gasteiger partial charge in [-0.05, 0) is 45.7 Å². The molecular formula is C11H20N2O3S. The van der Waals surface area contributed by atoms with Gasteiger partial charge in [-0.1, -0.05) is 0 Å². The molecule has 0 atom stereocenters. The third kappa shape index (κ3) is 2.47.